The summed E-state index contributed by atoms with van der Waals surface area (Å²) in [4.78, 5) is 21.4. The van der Waals surface area contributed by atoms with Gasteiger partial charge in [0, 0.05) is 17.9 Å². The number of hydrogen-bond donors (Lipinski definition) is 2. The highest BCUT2D eigenvalue weighted by molar-refractivity contribution is 6.03. The number of aryl methyl sites for hydroxylation is 3. The minimum atomic E-state index is -0.219. The van der Waals surface area contributed by atoms with Gasteiger partial charge in [-0.05, 0) is 82.2 Å². The first-order chi connectivity index (χ1) is 13.0. The Balaban J connectivity index is 1.64. The number of allylic oxidation sites excluding steroid dienone is 1. The van der Waals surface area contributed by atoms with Crippen molar-refractivity contribution in [3.63, 3.8) is 0 Å². The molecule has 3 rings (SSSR count). The summed E-state index contributed by atoms with van der Waals surface area (Å²) < 4.78 is 0. The van der Waals surface area contributed by atoms with E-state index in [-0.39, 0.29) is 5.91 Å². The topological polar surface area (TPSA) is 66.9 Å². The molecule has 0 radical (unpaired) electrons. The number of rotatable bonds is 6. The molecule has 1 aliphatic rings. The Hall–Kier alpha value is -2.69. The molecule has 1 heterocycles. The Bertz CT molecular complexity index is 837. The minimum absolute atomic E-state index is 0.219. The number of amides is 1. The highest BCUT2D eigenvalue weighted by Crippen LogP contribution is 2.20. The van der Waals surface area contributed by atoms with E-state index in [1.54, 1.807) is 6.07 Å². The molecule has 0 saturated heterocycles. The second-order valence-corrected chi connectivity index (χ2v) is 7.33. The molecule has 142 valence electrons. The maximum atomic E-state index is 12.6. The maximum absolute atomic E-state index is 12.6. The lowest BCUT2D eigenvalue weighted by molar-refractivity contribution is 0.102. The lowest BCUT2D eigenvalue weighted by atomic mass is 9.97. The predicted octanol–water partition coefficient (Wildman–Crippen LogP) is 4.96. The van der Waals surface area contributed by atoms with Gasteiger partial charge >= 0.3 is 0 Å². The van der Waals surface area contributed by atoms with Crippen molar-refractivity contribution in [3.05, 3.63) is 58.4 Å². The largest absolute Gasteiger partial charge is 0.354 e. The molecule has 0 atom stereocenters. The van der Waals surface area contributed by atoms with Crippen LogP contribution in [0.2, 0.25) is 0 Å². The van der Waals surface area contributed by atoms with Crippen LogP contribution < -0.4 is 10.6 Å². The molecule has 0 fully saturated rings. The van der Waals surface area contributed by atoms with Gasteiger partial charge in [-0.1, -0.05) is 17.7 Å². The fraction of sp³-hybridized carbons (Fsp3) is 0.409. The number of hydrogen-bond acceptors (Lipinski definition) is 4. The summed E-state index contributed by atoms with van der Waals surface area (Å²) >= 11 is 0. The molecule has 1 aromatic heterocycles. The molecule has 1 aliphatic carbocycles. The smallest absolute Gasteiger partial charge is 0.274 e. The van der Waals surface area contributed by atoms with Crippen molar-refractivity contribution in [2.24, 2.45) is 0 Å². The molecular formula is C22H28N4O. The number of anilines is 2. The summed E-state index contributed by atoms with van der Waals surface area (Å²) in [5, 5.41) is 6.20. The van der Waals surface area contributed by atoms with Crippen molar-refractivity contribution in [2.75, 3.05) is 17.2 Å². The van der Waals surface area contributed by atoms with E-state index in [1.165, 1.54) is 31.3 Å². The Labute approximate surface area is 161 Å². The molecular weight excluding hydrogens is 336 g/mol. The van der Waals surface area contributed by atoms with Crippen molar-refractivity contribution in [1.82, 2.24) is 9.97 Å². The van der Waals surface area contributed by atoms with Gasteiger partial charge in [0.05, 0.1) is 0 Å². The van der Waals surface area contributed by atoms with Gasteiger partial charge < -0.3 is 10.6 Å². The summed E-state index contributed by atoms with van der Waals surface area (Å²) in [5.74, 6) is 0.292. The van der Waals surface area contributed by atoms with Crippen LogP contribution in [0.4, 0.5) is 11.6 Å². The van der Waals surface area contributed by atoms with Crippen LogP contribution in [0.5, 0.6) is 0 Å². The number of nitrogens with one attached hydrogen (secondary N) is 2. The van der Waals surface area contributed by atoms with Crippen molar-refractivity contribution in [2.45, 2.75) is 52.9 Å². The van der Waals surface area contributed by atoms with Gasteiger partial charge in [0.2, 0.25) is 5.95 Å². The summed E-state index contributed by atoms with van der Waals surface area (Å²) in [7, 11) is 0. The van der Waals surface area contributed by atoms with Crippen molar-refractivity contribution >= 4 is 17.5 Å². The number of carbonyl (C=O) groups is 1. The number of benzene rings is 1. The molecule has 5 heteroatoms. The number of aromatic nitrogens is 2. The van der Waals surface area contributed by atoms with Crippen LogP contribution in [-0.4, -0.2) is 22.4 Å². The number of nitrogens with zero attached hydrogens (tertiary/aromatic N) is 2. The highest BCUT2D eigenvalue weighted by atomic mass is 16.1. The van der Waals surface area contributed by atoms with Crippen LogP contribution in [0, 0.1) is 20.8 Å². The molecule has 0 aliphatic heterocycles. The van der Waals surface area contributed by atoms with Crippen LogP contribution in [0.15, 0.2) is 35.9 Å². The van der Waals surface area contributed by atoms with Gasteiger partial charge in [-0.25, -0.2) is 9.97 Å². The first-order valence-corrected chi connectivity index (χ1v) is 9.67. The third-order valence-electron chi connectivity index (χ3n) is 4.68. The molecule has 27 heavy (non-hydrogen) atoms. The summed E-state index contributed by atoms with van der Waals surface area (Å²) in [6, 6.07) is 7.70. The second-order valence-electron chi connectivity index (χ2n) is 7.33. The minimum Gasteiger partial charge on any atom is -0.354 e. The van der Waals surface area contributed by atoms with Gasteiger partial charge in [0.25, 0.3) is 5.91 Å². The Morgan fingerprint density at radius 1 is 1.04 bits per heavy atom. The molecule has 5 nitrogen and oxygen atoms in total. The Kier molecular flexibility index (Phi) is 6.22. The first kappa shape index (κ1) is 19.1. The maximum Gasteiger partial charge on any atom is 0.274 e. The summed E-state index contributed by atoms with van der Waals surface area (Å²) in [5.41, 5.74) is 5.67. The number of carbonyl (C=O) groups excluding carboxylic acids is 1. The first-order valence-electron chi connectivity index (χ1n) is 9.67. The standard InChI is InChI=1S/C22H28N4O/c1-15-11-16(2)13-19(12-15)25-21(27)20-14-17(3)24-22(26-20)23-10-9-18-7-5-4-6-8-18/h7,11-14H,4-6,8-10H2,1-3H3,(H,25,27)(H,23,24,26). The van der Waals surface area contributed by atoms with E-state index in [0.29, 0.717) is 11.6 Å². The highest BCUT2D eigenvalue weighted by Gasteiger charge is 2.12. The molecule has 0 bridgehead atoms. The Morgan fingerprint density at radius 2 is 1.81 bits per heavy atom. The van der Waals surface area contributed by atoms with Crippen LogP contribution in [-0.2, 0) is 0 Å². The Morgan fingerprint density at radius 3 is 2.52 bits per heavy atom. The normalized spacial score (nSPS) is 13.8. The zero-order valence-corrected chi connectivity index (χ0v) is 16.4. The van der Waals surface area contributed by atoms with Crippen LogP contribution in [0.1, 0.15) is 59.4 Å². The van der Waals surface area contributed by atoms with Gasteiger partial charge in [-0.15, -0.1) is 0 Å². The lowest BCUT2D eigenvalue weighted by Gasteiger charge is -2.13. The monoisotopic (exact) mass is 364 g/mol. The molecule has 1 amide bonds. The average molecular weight is 364 g/mol. The van der Waals surface area contributed by atoms with Crippen LogP contribution in [0.25, 0.3) is 0 Å². The zero-order valence-electron chi connectivity index (χ0n) is 16.4. The third-order valence-corrected chi connectivity index (χ3v) is 4.68. The fourth-order valence-electron chi connectivity index (χ4n) is 3.47. The predicted molar refractivity (Wildman–Crippen MR) is 110 cm³/mol. The van der Waals surface area contributed by atoms with E-state index in [9.17, 15) is 4.79 Å². The second kappa shape index (κ2) is 8.80. The summed E-state index contributed by atoms with van der Waals surface area (Å²) in [6.07, 6.45) is 8.33. The van der Waals surface area contributed by atoms with Gasteiger partial charge in [-0.3, -0.25) is 4.79 Å². The molecule has 0 unspecified atom stereocenters. The van der Waals surface area contributed by atoms with E-state index in [4.69, 9.17) is 0 Å². The van der Waals surface area contributed by atoms with Crippen LogP contribution in [0.3, 0.4) is 0 Å². The fourth-order valence-corrected chi connectivity index (χ4v) is 3.47. The van der Waals surface area contributed by atoms with E-state index < -0.39 is 0 Å². The van der Waals surface area contributed by atoms with E-state index >= 15 is 0 Å². The van der Waals surface area contributed by atoms with E-state index in [2.05, 4.69) is 32.7 Å². The van der Waals surface area contributed by atoms with E-state index in [1.807, 2.05) is 32.9 Å². The van der Waals surface area contributed by atoms with Crippen LogP contribution >= 0.6 is 0 Å². The molecule has 0 spiro atoms. The van der Waals surface area contributed by atoms with Crippen molar-refractivity contribution in [3.8, 4) is 0 Å². The lowest BCUT2D eigenvalue weighted by Crippen LogP contribution is -2.16. The zero-order chi connectivity index (χ0) is 19.2. The molecule has 2 aromatic rings. The average Bonchev–Trinajstić information content (AvgIpc) is 2.61. The quantitative estimate of drug-likeness (QED) is 0.711. The summed E-state index contributed by atoms with van der Waals surface area (Å²) in [6.45, 7) is 6.69. The van der Waals surface area contributed by atoms with Gasteiger partial charge in [0.1, 0.15) is 5.69 Å². The molecule has 1 aromatic carbocycles. The third kappa shape index (κ3) is 5.64. The van der Waals surface area contributed by atoms with Crippen molar-refractivity contribution in [1.29, 1.82) is 0 Å². The molecule has 2 N–H and O–H groups in total. The van der Waals surface area contributed by atoms with Crippen molar-refractivity contribution < 1.29 is 4.79 Å². The SMILES string of the molecule is Cc1cc(C)cc(NC(=O)c2cc(C)nc(NCCC3=CCCCC3)n2)c1. The van der Waals surface area contributed by atoms with E-state index in [0.717, 1.165) is 35.5 Å². The van der Waals surface area contributed by atoms with Gasteiger partial charge in [0.15, 0.2) is 0 Å². The molecule has 0 saturated carbocycles. The van der Waals surface area contributed by atoms with Gasteiger partial charge in [-0.2, -0.15) is 0 Å².